The quantitative estimate of drug-likeness (QED) is 0.727. The van der Waals surface area contributed by atoms with Gasteiger partial charge in [0.25, 0.3) is 0 Å². The zero-order chi connectivity index (χ0) is 16.1. The highest BCUT2D eigenvalue weighted by molar-refractivity contribution is 6.90. The van der Waals surface area contributed by atoms with Gasteiger partial charge in [-0.15, -0.1) is 0 Å². The lowest BCUT2D eigenvalue weighted by Crippen LogP contribution is -2.45. The molecule has 0 saturated heterocycles. The summed E-state index contributed by atoms with van der Waals surface area (Å²) in [6, 6.07) is 13.0. The molecule has 0 fully saturated rings. The summed E-state index contributed by atoms with van der Waals surface area (Å²) >= 11 is 0. The Morgan fingerprint density at radius 3 is 2.41 bits per heavy atom. The van der Waals surface area contributed by atoms with Crippen LogP contribution in [0, 0.1) is 6.92 Å². The Labute approximate surface area is 133 Å². The van der Waals surface area contributed by atoms with E-state index in [1.165, 1.54) is 27.4 Å². The zero-order valence-corrected chi connectivity index (χ0v) is 15.0. The monoisotopic (exact) mass is 309 g/mol. The molecule has 3 rings (SSSR count). The van der Waals surface area contributed by atoms with Crippen LogP contribution in [0.5, 0.6) is 0 Å². The van der Waals surface area contributed by atoms with Crippen molar-refractivity contribution in [3.63, 3.8) is 0 Å². The van der Waals surface area contributed by atoms with Crippen molar-refractivity contribution in [2.75, 3.05) is 4.90 Å². The molecule has 2 aromatic carbocycles. The Hall–Kier alpha value is -1.87. The highest BCUT2D eigenvalue weighted by atomic mass is 28.3. The van der Waals surface area contributed by atoms with Gasteiger partial charge >= 0.3 is 0 Å². The Kier molecular flexibility index (Phi) is 3.48. The molecule has 0 spiro atoms. The number of nitrogens with zero attached hydrogens (tertiary/aromatic N) is 1. The van der Waals surface area contributed by atoms with Gasteiger partial charge in [0.05, 0.1) is 20.3 Å². The van der Waals surface area contributed by atoms with Crippen molar-refractivity contribution in [1.82, 2.24) is 0 Å². The summed E-state index contributed by atoms with van der Waals surface area (Å²) in [5.74, 6) is 0.124. The molecule has 114 valence electrons. The predicted octanol–water partition coefficient (Wildman–Crippen LogP) is 4.07. The van der Waals surface area contributed by atoms with Gasteiger partial charge in [-0.1, -0.05) is 55.5 Å². The number of rotatable bonds is 1. The summed E-state index contributed by atoms with van der Waals surface area (Å²) in [6.45, 7) is 11.5. The zero-order valence-electron chi connectivity index (χ0n) is 14.0. The lowest BCUT2D eigenvalue weighted by Gasteiger charge is -2.35. The summed E-state index contributed by atoms with van der Waals surface area (Å²) in [5, 5.41) is 1.38. The van der Waals surface area contributed by atoms with Gasteiger partial charge in [-0.25, -0.2) is 0 Å². The summed E-state index contributed by atoms with van der Waals surface area (Å²) in [6.07, 6.45) is 0. The fraction of sp³-hybridized carbons (Fsp3) is 0.316. The van der Waals surface area contributed by atoms with E-state index in [0.29, 0.717) is 6.54 Å². The minimum Gasteiger partial charge on any atom is -0.308 e. The molecule has 0 unspecified atom stereocenters. The van der Waals surface area contributed by atoms with Crippen LogP contribution in [-0.4, -0.2) is 14.0 Å². The van der Waals surface area contributed by atoms with Crippen molar-refractivity contribution in [2.45, 2.75) is 40.0 Å². The molecule has 0 N–H and O–H groups in total. The van der Waals surface area contributed by atoms with Crippen LogP contribution in [0.25, 0.3) is 11.1 Å². The molecule has 0 aromatic heterocycles. The van der Waals surface area contributed by atoms with Crippen LogP contribution in [0.4, 0.5) is 5.69 Å². The van der Waals surface area contributed by atoms with Crippen molar-refractivity contribution in [1.29, 1.82) is 0 Å². The number of fused-ring (bicyclic) bond motifs is 3. The Morgan fingerprint density at radius 1 is 1.09 bits per heavy atom. The molecule has 22 heavy (non-hydrogen) atoms. The fourth-order valence-electron chi connectivity index (χ4n) is 3.29. The van der Waals surface area contributed by atoms with E-state index >= 15 is 0 Å². The molecular weight excluding hydrogens is 286 g/mol. The molecule has 1 amide bonds. The maximum Gasteiger partial charge on any atom is 0.224 e. The second-order valence-corrected chi connectivity index (χ2v) is 12.3. The molecule has 1 aliphatic rings. The van der Waals surface area contributed by atoms with Gasteiger partial charge in [-0.2, -0.15) is 0 Å². The van der Waals surface area contributed by atoms with Crippen LogP contribution in [0.3, 0.4) is 0 Å². The van der Waals surface area contributed by atoms with E-state index in [4.69, 9.17) is 0 Å². The van der Waals surface area contributed by atoms with Gasteiger partial charge in [0.1, 0.15) is 0 Å². The minimum atomic E-state index is -1.55. The van der Waals surface area contributed by atoms with E-state index in [0.717, 1.165) is 5.69 Å². The van der Waals surface area contributed by atoms with E-state index in [1.807, 2.05) is 4.90 Å². The number of hydrogen-bond donors (Lipinski definition) is 0. The number of hydrogen-bond acceptors (Lipinski definition) is 1. The highest BCUT2D eigenvalue weighted by Gasteiger charge is 2.31. The Bertz CT molecular complexity index is 759. The van der Waals surface area contributed by atoms with E-state index in [2.05, 4.69) is 63.0 Å². The summed E-state index contributed by atoms with van der Waals surface area (Å²) < 4.78 is 0. The third kappa shape index (κ3) is 2.39. The minimum absolute atomic E-state index is 0.124. The number of aryl methyl sites for hydroxylation is 1. The van der Waals surface area contributed by atoms with Gasteiger partial charge in [-0.05, 0) is 29.3 Å². The molecular formula is C19H23NOSi. The average molecular weight is 309 g/mol. The molecule has 0 radical (unpaired) electrons. The summed E-state index contributed by atoms with van der Waals surface area (Å²) in [7, 11) is -1.55. The number of benzene rings is 2. The predicted molar refractivity (Wildman–Crippen MR) is 96.5 cm³/mol. The standard InChI is InChI=1S/C19H23NOSi/c1-13-10-17-16-9-7-6-8-15(16)12-20(14(2)21)19(17)18(11-13)22(3,4)5/h6-11H,12H2,1-5H3. The third-order valence-corrected chi connectivity index (χ3v) is 6.35. The first-order valence-corrected chi connectivity index (χ1v) is 11.3. The molecule has 0 atom stereocenters. The molecule has 2 aromatic rings. The van der Waals surface area contributed by atoms with Gasteiger partial charge in [0, 0.05) is 12.5 Å². The number of anilines is 1. The number of carbonyl (C=O) groups excluding carboxylic acids is 1. The van der Waals surface area contributed by atoms with Crippen molar-refractivity contribution in [3.8, 4) is 11.1 Å². The van der Waals surface area contributed by atoms with Crippen LogP contribution in [0.1, 0.15) is 18.1 Å². The van der Waals surface area contributed by atoms with Crippen LogP contribution in [-0.2, 0) is 11.3 Å². The molecule has 2 nitrogen and oxygen atoms in total. The lowest BCUT2D eigenvalue weighted by atomic mass is 9.92. The van der Waals surface area contributed by atoms with Gasteiger partial charge in [-0.3, -0.25) is 4.79 Å². The van der Waals surface area contributed by atoms with Crippen molar-refractivity contribution in [2.24, 2.45) is 0 Å². The molecule has 1 heterocycles. The second-order valence-electron chi connectivity index (χ2n) is 7.22. The molecule has 1 aliphatic heterocycles. The largest absolute Gasteiger partial charge is 0.308 e. The van der Waals surface area contributed by atoms with Crippen molar-refractivity contribution >= 4 is 24.9 Å². The van der Waals surface area contributed by atoms with Crippen molar-refractivity contribution < 1.29 is 4.79 Å². The van der Waals surface area contributed by atoms with Crippen molar-refractivity contribution in [3.05, 3.63) is 47.5 Å². The first-order valence-electron chi connectivity index (χ1n) is 7.80. The smallest absolute Gasteiger partial charge is 0.224 e. The highest BCUT2D eigenvalue weighted by Crippen LogP contribution is 2.39. The van der Waals surface area contributed by atoms with Crippen LogP contribution >= 0.6 is 0 Å². The number of amides is 1. The summed E-state index contributed by atoms with van der Waals surface area (Å²) in [4.78, 5) is 14.2. The molecule has 0 saturated carbocycles. The SMILES string of the molecule is CC(=O)N1Cc2ccccc2-c2cc(C)cc([Si](C)(C)C)c21. The van der Waals surface area contributed by atoms with Crippen LogP contribution in [0.15, 0.2) is 36.4 Å². The normalized spacial score (nSPS) is 13.6. The second kappa shape index (κ2) is 5.09. The average Bonchev–Trinajstić information content (AvgIpc) is 2.44. The van der Waals surface area contributed by atoms with E-state index in [9.17, 15) is 4.79 Å². The van der Waals surface area contributed by atoms with Gasteiger partial charge in [0.2, 0.25) is 5.91 Å². The third-order valence-electron chi connectivity index (χ3n) is 4.35. The van der Waals surface area contributed by atoms with E-state index in [1.54, 1.807) is 6.92 Å². The summed E-state index contributed by atoms with van der Waals surface area (Å²) in [5.41, 5.74) is 6.15. The first-order chi connectivity index (χ1) is 10.3. The lowest BCUT2D eigenvalue weighted by molar-refractivity contribution is -0.116. The van der Waals surface area contributed by atoms with Crippen LogP contribution < -0.4 is 10.1 Å². The van der Waals surface area contributed by atoms with E-state index in [-0.39, 0.29) is 5.91 Å². The molecule has 0 bridgehead atoms. The molecule has 3 heteroatoms. The fourth-order valence-corrected chi connectivity index (χ4v) is 4.93. The number of carbonyl (C=O) groups is 1. The Balaban J connectivity index is 2.38. The maximum atomic E-state index is 12.3. The van der Waals surface area contributed by atoms with Crippen LogP contribution in [0.2, 0.25) is 19.6 Å². The Morgan fingerprint density at radius 2 is 1.77 bits per heavy atom. The van der Waals surface area contributed by atoms with E-state index < -0.39 is 8.07 Å². The first kappa shape index (κ1) is 15.0. The molecule has 0 aliphatic carbocycles. The van der Waals surface area contributed by atoms with Gasteiger partial charge < -0.3 is 4.90 Å². The topological polar surface area (TPSA) is 20.3 Å². The van der Waals surface area contributed by atoms with Gasteiger partial charge in [0.15, 0.2) is 0 Å². The maximum absolute atomic E-state index is 12.3.